The van der Waals surface area contributed by atoms with Gasteiger partial charge in [0.2, 0.25) is 0 Å². The van der Waals surface area contributed by atoms with Crippen LogP contribution < -0.4 is 5.32 Å². The summed E-state index contributed by atoms with van der Waals surface area (Å²) in [5.41, 5.74) is 1.28. The van der Waals surface area contributed by atoms with Crippen LogP contribution in [0.3, 0.4) is 0 Å². The maximum Gasteiger partial charge on any atom is 0.0960 e. The van der Waals surface area contributed by atoms with Crippen molar-refractivity contribution in [1.82, 2.24) is 5.32 Å². The van der Waals surface area contributed by atoms with Crippen molar-refractivity contribution in [1.29, 1.82) is 0 Å². The van der Waals surface area contributed by atoms with Crippen LogP contribution in [0.15, 0.2) is 28.7 Å². The van der Waals surface area contributed by atoms with E-state index in [1.54, 1.807) is 0 Å². The molecule has 0 aliphatic heterocycles. The summed E-state index contributed by atoms with van der Waals surface area (Å²) < 4.78 is 7.44. The van der Waals surface area contributed by atoms with E-state index in [1.165, 1.54) is 44.1 Å². The largest absolute Gasteiger partial charge is 0.372 e. The first-order valence-corrected chi connectivity index (χ1v) is 8.71. The van der Waals surface area contributed by atoms with Crippen LogP contribution in [0.25, 0.3) is 0 Å². The molecule has 3 rings (SSSR count). The molecule has 110 valence electrons. The molecule has 2 fully saturated rings. The van der Waals surface area contributed by atoms with Gasteiger partial charge in [0.25, 0.3) is 0 Å². The van der Waals surface area contributed by atoms with Gasteiger partial charge in [-0.2, -0.15) is 0 Å². The Kier molecular flexibility index (Phi) is 5.14. The lowest BCUT2D eigenvalue weighted by Gasteiger charge is -2.22. The van der Waals surface area contributed by atoms with Crippen LogP contribution in [0, 0.1) is 5.92 Å². The summed E-state index contributed by atoms with van der Waals surface area (Å²) in [6.45, 7) is 1.85. The third-order valence-corrected chi connectivity index (χ3v) is 5.15. The Morgan fingerprint density at radius 2 is 1.90 bits per heavy atom. The van der Waals surface area contributed by atoms with Crippen molar-refractivity contribution in [2.75, 3.05) is 13.2 Å². The molecule has 0 radical (unpaired) electrons. The smallest absolute Gasteiger partial charge is 0.0960 e. The normalized spacial score (nSPS) is 21.2. The summed E-state index contributed by atoms with van der Waals surface area (Å²) in [5, 5.41) is 3.61. The van der Waals surface area contributed by atoms with E-state index < -0.39 is 0 Å². The minimum atomic E-state index is 0.173. The number of nitrogens with one attached hydrogen (secondary N) is 1. The molecule has 0 aromatic heterocycles. The molecule has 1 aromatic rings. The summed E-state index contributed by atoms with van der Waals surface area (Å²) >= 11 is 3.67. The van der Waals surface area contributed by atoms with Crippen molar-refractivity contribution < 1.29 is 4.74 Å². The molecule has 1 atom stereocenters. The van der Waals surface area contributed by atoms with E-state index in [2.05, 4.69) is 45.5 Å². The first-order chi connectivity index (χ1) is 9.83. The summed E-state index contributed by atoms with van der Waals surface area (Å²) in [7, 11) is 0. The molecule has 2 aliphatic rings. The van der Waals surface area contributed by atoms with E-state index in [0.29, 0.717) is 0 Å². The van der Waals surface area contributed by atoms with Gasteiger partial charge in [0.15, 0.2) is 0 Å². The van der Waals surface area contributed by atoms with Gasteiger partial charge in [-0.15, -0.1) is 0 Å². The van der Waals surface area contributed by atoms with Crippen LogP contribution in [0.1, 0.15) is 50.2 Å². The minimum Gasteiger partial charge on any atom is -0.372 e. The third kappa shape index (κ3) is 4.06. The highest BCUT2D eigenvalue weighted by molar-refractivity contribution is 9.10. The second-order valence-electron chi connectivity index (χ2n) is 6.18. The molecule has 3 heteroatoms. The first kappa shape index (κ1) is 14.6. The predicted molar refractivity (Wildman–Crippen MR) is 85.8 cm³/mol. The maximum atomic E-state index is 6.28. The lowest BCUT2D eigenvalue weighted by atomic mass is 10.1. The van der Waals surface area contributed by atoms with Gasteiger partial charge in [0.05, 0.1) is 12.7 Å². The Morgan fingerprint density at radius 3 is 2.60 bits per heavy atom. The van der Waals surface area contributed by atoms with Crippen molar-refractivity contribution in [2.24, 2.45) is 5.92 Å². The van der Waals surface area contributed by atoms with E-state index in [0.717, 1.165) is 29.6 Å². The predicted octanol–water partition coefficient (Wildman–Crippen LogP) is 4.45. The van der Waals surface area contributed by atoms with Crippen LogP contribution in [0.2, 0.25) is 0 Å². The van der Waals surface area contributed by atoms with Crippen molar-refractivity contribution in [3.63, 3.8) is 0 Å². The van der Waals surface area contributed by atoms with E-state index in [9.17, 15) is 0 Å². The first-order valence-electron chi connectivity index (χ1n) is 7.92. The highest BCUT2D eigenvalue weighted by Gasteiger charge is 2.24. The average molecular weight is 338 g/mol. The van der Waals surface area contributed by atoms with Crippen LogP contribution in [-0.4, -0.2) is 19.2 Å². The van der Waals surface area contributed by atoms with Gasteiger partial charge in [-0.1, -0.05) is 47.0 Å². The molecule has 2 nitrogen and oxygen atoms in total. The van der Waals surface area contributed by atoms with Crippen LogP contribution >= 0.6 is 15.9 Å². The number of rotatable bonds is 7. The monoisotopic (exact) mass is 337 g/mol. The molecule has 1 unspecified atom stereocenters. The average Bonchev–Trinajstić information content (AvgIpc) is 3.14. The molecule has 0 spiro atoms. The molecular formula is C17H24BrNO. The Morgan fingerprint density at radius 1 is 1.15 bits per heavy atom. The molecule has 20 heavy (non-hydrogen) atoms. The van der Waals surface area contributed by atoms with Crippen molar-refractivity contribution >= 4 is 15.9 Å². The second-order valence-corrected chi connectivity index (χ2v) is 7.03. The molecule has 0 bridgehead atoms. The minimum absolute atomic E-state index is 0.173. The van der Waals surface area contributed by atoms with Gasteiger partial charge in [0, 0.05) is 17.1 Å². The summed E-state index contributed by atoms with van der Waals surface area (Å²) in [4.78, 5) is 0. The second kappa shape index (κ2) is 7.06. The van der Waals surface area contributed by atoms with Gasteiger partial charge >= 0.3 is 0 Å². The topological polar surface area (TPSA) is 21.3 Å². The summed E-state index contributed by atoms with van der Waals surface area (Å²) in [6, 6.07) is 9.19. The molecule has 2 saturated carbocycles. The fraction of sp³-hybridized carbons (Fsp3) is 0.647. The fourth-order valence-electron chi connectivity index (χ4n) is 2.99. The van der Waals surface area contributed by atoms with Gasteiger partial charge in [-0.05, 0) is 43.2 Å². The van der Waals surface area contributed by atoms with Gasteiger partial charge in [-0.25, -0.2) is 0 Å². The van der Waals surface area contributed by atoms with Gasteiger partial charge in [0.1, 0.15) is 0 Å². The van der Waals surface area contributed by atoms with Gasteiger partial charge < -0.3 is 10.1 Å². The zero-order chi connectivity index (χ0) is 13.8. The van der Waals surface area contributed by atoms with Crippen LogP contribution in [0.4, 0.5) is 0 Å². The molecular weight excluding hydrogens is 314 g/mol. The van der Waals surface area contributed by atoms with E-state index in [-0.39, 0.29) is 6.10 Å². The van der Waals surface area contributed by atoms with Crippen molar-refractivity contribution in [3.8, 4) is 0 Å². The summed E-state index contributed by atoms with van der Waals surface area (Å²) in [6.07, 6.45) is 8.28. The Hall–Kier alpha value is -0.380. The van der Waals surface area contributed by atoms with E-state index >= 15 is 0 Å². The Labute approximate surface area is 130 Å². The van der Waals surface area contributed by atoms with Gasteiger partial charge in [-0.3, -0.25) is 0 Å². The number of halogens is 1. The van der Waals surface area contributed by atoms with Crippen LogP contribution in [0.5, 0.6) is 0 Å². The lowest BCUT2D eigenvalue weighted by Crippen LogP contribution is -2.26. The fourth-order valence-corrected chi connectivity index (χ4v) is 3.53. The molecule has 0 amide bonds. The van der Waals surface area contributed by atoms with E-state index in [1.807, 2.05) is 0 Å². The Bertz CT molecular complexity index is 427. The van der Waals surface area contributed by atoms with Crippen molar-refractivity contribution in [2.45, 2.75) is 50.7 Å². The molecule has 1 aromatic carbocycles. The third-order valence-electron chi connectivity index (χ3n) is 4.43. The molecule has 0 heterocycles. The highest BCUT2D eigenvalue weighted by atomic mass is 79.9. The quantitative estimate of drug-likeness (QED) is 0.793. The van der Waals surface area contributed by atoms with Crippen molar-refractivity contribution in [3.05, 3.63) is 34.3 Å². The maximum absolute atomic E-state index is 6.28. The number of hydrogen-bond acceptors (Lipinski definition) is 2. The molecule has 2 aliphatic carbocycles. The lowest BCUT2D eigenvalue weighted by molar-refractivity contribution is 0.0288. The SMILES string of the molecule is Brc1ccccc1C(CNC1CC1)OCC1CCCC1. The zero-order valence-electron chi connectivity index (χ0n) is 12.0. The summed E-state index contributed by atoms with van der Waals surface area (Å²) in [5.74, 6) is 0.779. The molecule has 0 saturated heterocycles. The standard InChI is InChI=1S/C17H24BrNO/c18-16-8-4-3-7-15(16)17(11-19-14-9-10-14)20-12-13-5-1-2-6-13/h3-4,7-8,13-14,17,19H,1-2,5-6,9-12H2. The highest BCUT2D eigenvalue weighted by Crippen LogP contribution is 2.30. The van der Waals surface area contributed by atoms with E-state index in [4.69, 9.17) is 4.74 Å². The molecule has 1 N–H and O–H groups in total. The number of benzene rings is 1. The van der Waals surface area contributed by atoms with Crippen LogP contribution in [-0.2, 0) is 4.74 Å². The Balaban J connectivity index is 1.60. The number of ether oxygens (including phenoxy) is 1. The zero-order valence-corrected chi connectivity index (χ0v) is 13.6. The number of hydrogen-bond donors (Lipinski definition) is 1.